The van der Waals surface area contributed by atoms with Gasteiger partial charge >= 0.3 is 0 Å². The van der Waals surface area contributed by atoms with E-state index < -0.39 is 48.4 Å². The molecule has 2 aliphatic rings. The fourth-order valence-electron chi connectivity index (χ4n) is 3.83. The number of hydrogen-bond donors (Lipinski definition) is 1. The molecule has 2 aromatic carbocycles. The van der Waals surface area contributed by atoms with E-state index in [2.05, 4.69) is 20.4 Å². The summed E-state index contributed by atoms with van der Waals surface area (Å²) in [4.78, 5) is 21.0. The van der Waals surface area contributed by atoms with Gasteiger partial charge in [-0.1, -0.05) is 12.1 Å². The lowest BCUT2D eigenvalue weighted by Crippen LogP contribution is -2.37. The molecule has 5 rings (SSSR count). The van der Waals surface area contributed by atoms with Crippen LogP contribution in [-0.2, 0) is 6.98 Å². The molecule has 0 aliphatic carbocycles. The molecule has 0 fully saturated rings. The van der Waals surface area contributed by atoms with Crippen molar-refractivity contribution in [3.05, 3.63) is 76.3 Å². The second-order valence-corrected chi connectivity index (χ2v) is 6.86. The molecule has 3 heterocycles. The molecule has 2 atom stereocenters. The third-order valence-electron chi connectivity index (χ3n) is 5.11. The highest BCUT2D eigenvalue weighted by Gasteiger charge is 2.42. The van der Waals surface area contributed by atoms with Gasteiger partial charge in [-0.25, -0.2) is 13.8 Å². The number of aliphatic imine (C=N–C) groups is 1. The number of hydrogen-bond acceptors (Lipinski definition) is 5. The van der Waals surface area contributed by atoms with E-state index >= 15 is 0 Å². The summed E-state index contributed by atoms with van der Waals surface area (Å²) in [6.07, 6.45) is 1.03. The summed E-state index contributed by atoms with van der Waals surface area (Å²) in [6.45, 7) is -1.78. The average Bonchev–Trinajstić information content (AvgIpc) is 3.28. The van der Waals surface area contributed by atoms with Crippen LogP contribution in [0, 0.1) is 18.6 Å². The van der Waals surface area contributed by atoms with E-state index in [0.717, 1.165) is 18.5 Å². The van der Waals surface area contributed by atoms with Crippen LogP contribution in [-0.4, -0.2) is 32.8 Å². The van der Waals surface area contributed by atoms with Crippen LogP contribution in [0.3, 0.4) is 0 Å². The lowest BCUT2D eigenvalue weighted by molar-refractivity contribution is 0.0999. The number of halogens is 2. The maximum absolute atomic E-state index is 14.5. The first kappa shape index (κ1) is 12.2. The number of aryl methyl sites for hydroxylation is 1. The molecule has 2 aliphatic heterocycles. The van der Waals surface area contributed by atoms with Crippen molar-refractivity contribution in [1.29, 1.82) is 0 Å². The molecule has 0 bridgehead atoms. The van der Waals surface area contributed by atoms with E-state index in [4.69, 9.17) is 8.22 Å². The number of carbonyl (C=O) groups is 1. The molecule has 3 aromatic rings. The van der Waals surface area contributed by atoms with Crippen molar-refractivity contribution in [3.8, 4) is 0 Å². The van der Waals surface area contributed by atoms with E-state index in [0.29, 0.717) is 4.68 Å². The minimum absolute atomic E-state index is 0.0505. The minimum Gasteiger partial charge on any atom is -0.376 e. The van der Waals surface area contributed by atoms with Gasteiger partial charge in [0.1, 0.15) is 30.3 Å². The Morgan fingerprint density at radius 3 is 3.03 bits per heavy atom. The zero-order valence-corrected chi connectivity index (χ0v) is 15.0. The number of carbonyl (C=O) groups excluding carboxylic acids is 1. The van der Waals surface area contributed by atoms with Gasteiger partial charge in [-0.2, -0.15) is 5.10 Å². The van der Waals surface area contributed by atoms with Gasteiger partial charge in [-0.05, 0) is 36.2 Å². The first-order chi connectivity index (χ1) is 16.4. The van der Waals surface area contributed by atoms with Crippen LogP contribution in [0.5, 0.6) is 0 Å². The van der Waals surface area contributed by atoms with Gasteiger partial charge in [0.15, 0.2) is 5.78 Å². The zero-order chi connectivity index (χ0) is 25.4. The number of anilines is 1. The number of aromatic nitrogens is 3. The Bertz CT molecular complexity index is 1420. The summed E-state index contributed by atoms with van der Waals surface area (Å²) in [6, 6.07) is -0.683. The molecule has 1 N–H and O–H groups in total. The van der Waals surface area contributed by atoms with E-state index in [1.807, 2.05) is 0 Å². The van der Waals surface area contributed by atoms with Crippen molar-refractivity contribution in [1.82, 2.24) is 14.8 Å². The molecule has 0 saturated heterocycles. The van der Waals surface area contributed by atoms with Crippen molar-refractivity contribution in [3.63, 3.8) is 0 Å². The predicted octanol–water partition coefficient (Wildman–Crippen LogP) is 3.34. The number of nitrogens with one attached hydrogen (secondary N) is 1. The van der Waals surface area contributed by atoms with Gasteiger partial charge < -0.3 is 5.32 Å². The number of rotatable bonds is 2. The molecule has 8 heteroatoms. The van der Waals surface area contributed by atoms with Crippen molar-refractivity contribution in [2.75, 3.05) is 11.9 Å². The van der Waals surface area contributed by atoms with E-state index in [-0.39, 0.29) is 52.1 Å². The van der Waals surface area contributed by atoms with E-state index in [9.17, 15) is 13.6 Å². The summed E-state index contributed by atoms with van der Waals surface area (Å²) in [5.74, 6) is -3.38. The van der Waals surface area contributed by atoms with Crippen LogP contribution in [0.2, 0.25) is 0 Å². The lowest BCUT2D eigenvalue weighted by Gasteiger charge is -2.37. The Kier molecular flexibility index (Phi) is 2.65. The molecule has 0 unspecified atom stereocenters. The number of ketones is 1. The number of nitrogens with zero attached hydrogens (tertiary/aromatic N) is 4. The quantitative estimate of drug-likeness (QED) is 0.718. The normalized spacial score (nSPS) is 23.6. The Hall–Kier alpha value is -3.42. The maximum atomic E-state index is 14.5. The Balaban J connectivity index is 1.85. The lowest BCUT2D eigenvalue weighted by atomic mass is 9.77. The summed E-state index contributed by atoms with van der Waals surface area (Å²) >= 11 is 0. The molecule has 6 nitrogen and oxygen atoms in total. The monoisotopic (exact) mass is 399 g/mol. The molecule has 1 aromatic heterocycles. The summed E-state index contributed by atoms with van der Waals surface area (Å²) in [5, 5.41) is 6.82. The molecular formula is C21H17F2N5O. The average molecular weight is 399 g/mol. The van der Waals surface area contributed by atoms with Crippen molar-refractivity contribution < 1.29 is 21.8 Å². The number of Topliss-reactive ketones (excluding diaryl/α,β-unsaturated/α-hetero) is 1. The molecule has 0 radical (unpaired) electrons. The van der Waals surface area contributed by atoms with Gasteiger partial charge in [0.05, 0.1) is 21.8 Å². The van der Waals surface area contributed by atoms with Gasteiger partial charge in [0.2, 0.25) is 0 Å². The third kappa shape index (κ3) is 2.66. The second kappa shape index (κ2) is 6.30. The van der Waals surface area contributed by atoms with Gasteiger partial charge in [-0.15, -0.1) is 0 Å². The Morgan fingerprint density at radius 1 is 1.34 bits per heavy atom. The smallest absolute Gasteiger partial charge is 0.185 e. The first-order valence-electron chi connectivity index (χ1n) is 11.8. The zero-order valence-electron chi connectivity index (χ0n) is 21.0. The van der Waals surface area contributed by atoms with Crippen LogP contribution in [0.4, 0.5) is 14.5 Å². The van der Waals surface area contributed by atoms with E-state index in [1.165, 1.54) is 6.92 Å². The highest BCUT2D eigenvalue weighted by Crippen LogP contribution is 2.45. The van der Waals surface area contributed by atoms with Gasteiger partial charge in [0.25, 0.3) is 0 Å². The topological polar surface area (TPSA) is 72.2 Å². The first-order valence-corrected chi connectivity index (χ1v) is 8.76. The summed E-state index contributed by atoms with van der Waals surface area (Å²) < 4.78 is 78.2. The highest BCUT2D eigenvalue weighted by molar-refractivity contribution is 6.21. The fraction of sp³-hybridized carbons (Fsp3) is 0.238. The Labute approximate surface area is 173 Å². The third-order valence-corrected chi connectivity index (χ3v) is 5.11. The molecule has 0 spiro atoms. The van der Waals surface area contributed by atoms with Crippen LogP contribution in [0.25, 0.3) is 0 Å². The fourth-order valence-corrected chi connectivity index (χ4v) is 3.83. The molecular weight excluding hydrogens is 376 g/mol. The molecule has 0 saturated carbocycles. The minimum atomic E-state index is -2.75. The maximum Gasteiger partial charge on any atom is 0.185 e. The Morgan fingerprint density at radius 2 is 2.21 bits per heavy atom. The highest BCUT2D eigenvalue weighted by atomic mass is 19.1. The van der Waals surface area contributed by atoms with Crippen molar-refractivity contribution >= 4 is 17.2 Å². The largest absolute Gasteiger partial charge is 0.376 e. The van der Waals surface area contributed by atoms with Crippen molar-refractivity contribution in [2.45, 2.75) is 18.9 Å². The molecule has 0 amide bonds. The number of benzene rings is 2. The predicted molar refractivity (Wildman–Crippen MR) is 103 cm³/mol. The van der Waals surface area contributed by atoms with Crippen LogP contribution < -0.4 is 5.32 Å². The van der Waals surface area contributed by atoms with Crippen LogP contribution in [0.15, 0.2) is 41.6 Å². The standard InChI is InChI=1S/C21H17F2N5O/c1-10-5-11(3-4-14(10)23)19-18(21-25-9-26-28(21)2)20-17-13(16(29)8-24-20)6-12(22)7-15(17)27-19/h3-7,9,18-19,27H,8H2,1-2H3/t18-,19-/m0/s1/i2D3,3D,4D,5D. The molecule has 146 valence electrons. The second-order valence-electron chi connectivity index (χ2n) is 6.86. The van der Waals surface area contributed by atoms with Gasteiger partial charge in [0, 0.05) is 27.9 Å². The van der Waals surface area contributed by atoms with E-state index in [1.54, 1.807) is 0 Å². The summed E-state index contributed by atoms with van der Waals surface area (Å²) in [7, 11) is 0. The summed E-state index contributed by atoms with van der Waals surface area (Å²) in [5.41, 5.74) is 0.353. The van der Waals surface area contributed by atoms with Gasteiger partial charge in [-0.3, -0.25) is 14.5 Å². The van der Waals surface area contributed by atoms with Crippen LogP contribution >= 0.6 is 0 Å². The van der Waals surface area contributed by atoms with Crippen LogP contribution in [0.1, 0.15) is 53.1 Å². The molecule has 29 heavy (non-hydrogen) atoms. The van der Waals surface area contributed by atoms with Crippen molar-refractivity contribution in [2.24, 2.45) is 12.0 Å². The SMILES string of the molecule is [2H]c1c([2H])c([C@@H]2Nc3cc(F)cc4c3C(=NCC4=O)[C@H]2c2ncnn2C([2H])([2H])[2H])c([2H])c(C)c1F.